The minimum absolute atomic E-state index is 0.871. The molecular formula is C14H29NO. The highest BCUT2D eigenvalue weighted by atomic mass is 16.5. The van der Waals surface area contributed by atoms with Crippen LogP contribution in [-0.2, 0) is 4.74 Å². The summed E-state index contributed by atoms with van der Waals surface area (Å²) in [6.45, 7) is 6.42. The Morgan fingerprint density at radius 2 is 1.88 bits per heavy atom. The van der Waals surface area contributed by atoms with Crippen LogP contribution in [0.5, 0.6) is 0 Å². The van der Waals surface area contributed by atoms with E-state index in [0.717, 1.165) is 25.7 Å². The first-order valence-electron chi connectivity index (χ1n) is 7.22. The van der Waals surface area contributed by atoms with E-state index in [1.54, 1.807) is 0 Å². The van der Waals surface area contributed by atoms with Gasteiger partial charge in [-0.2, -0.15) is 0 Å². The lowest BCUT2D eigenvalue weighted by atomic mass is 9.90. The van der Waals surface area contributed by atoms with Crippen LogP contribution < -0.4 is 5.32 Å². The number of nitrogens with one attached hydrogen (secondary N) is 1. The first kappa shape index (κ1) is 14.0. The average molecular weight is 227 g/mol. The van der Waals surface area contributed by atoms with Crippen molar-refractivity contribution in [2.75, 3.05) is 26.3 Å². The topological polar surface area (TPSA) is 21.3 Å². The maximum absolute atomic E-state index is 5.76. The molecule has 1 fully saturated rings. The molecule has 2 heteroatoms. The summed E-state index contributed by atoms with van der Waals surface area (Å²) in [6.07, 6.45) is 10.9. The average Bonchev–Trinajstić information content (AvgIpc) is 2.34. The van der Waals surface area contributed by atoms with E-state index in [1.165, 1.54) is 57.9 Å². The molecule has 1 aliphatic rings. The second-order valence-corrected chi connectivity index (χ2v) is 4.99. The zero-order chi connectivity index (χ0) is 11.5. The molecule has 0 heterocycles. The zero-order valence-corrected chi connectivity index (χ0v) is 11.0. The van der Waals surface area contributed by atoms with Crippen LogP contribution in [0.15, 0.2) is 0 Å². The Bertz CT molecular complexity index is 144. The molecule has 1 saturated carbocycles. The lowest BCUT2D eigenvalue weighted by molar-refractivity contribution is 0.0825. The van der Waals surface area contributed by atoms with Crippen molar-refractivity contribution < 1.29 is 4.74 Å². The summed E-state index contributed by atoms with van der Waals surface area (Å²) in [5, 5.41) is 3.35. The lowest BCUT2D eigenvalue weighted by Crippen LogP contribution is -2.15. The van der Waals surface area contributed by atoms with Crippen molar-refractivity contribution in [2.45, 2.75) is 58.3 Å². The van der Waals surface area contributed by atoms with Crippen LogP contribution >= 0.6 is 0 Å². The number of rotatable bonds is 9. The van der Waals surface area contributed by atoms with Crippen LogP contribution in [0.4, 0.5) is 0 Å². The Labute approximate surface area is 101 Å². The van der Waals surface area contributed by atoms with E-state index in [0.29, 0.717) is 0 Å². The fourth-order valence-electron chi connectivity index (χ4n) is 2.41. The zero-order valence-electron chi connectivity index (χ0n) is 11.0. The van der Waals surface area contributed by atoms with Crippen molar-refractivity contribution in [3.8, 4) is 0 Å². The van der Waals surface area contributed by atoms with E-state index >= 15 is 0 Å². The maximum Gasteiger partial charge on any atom is 0.0494 e. The molecular weight excluding hydrogens is 198 g/mol. The number of hydrogen-bond acceptors (Lipinski definition) is 2. The van der Waals surface area contributed by atoms with Gasteiger partial charge in [-0.1, -0.05) is 26.2 Å². The van der Waals surface area contributed by atoms with Crippen molar-refractivity contribution in [2.24, 2.45) is 5.92 Å². The third-order valence-corrected chi connectivity index (χ3v) is 3.47. The summed E-state index contributed by atoms with van der Waals surface area (Å²) in [5.41, 5.74) is 0. The van der Waals surface area contributed by atoms with E-state index in [1.807, 2.05) is 0 Å². The van der Waals surface area contributed by atoms with Gasteiger partial charge in [-0.15, -0.1) is 0 Å². The molecule has 1 rings (SSSR count). The molecule has 96 valence electrons. The predicted molar refractivity (Wildman–Crippen MR) is 69.8 cm³/mol. The van der Waals surface area contributed by atoms with Crippen LogP contribution in [0.25, 0.3) is 0 Å². The smallest absolute Gasteiger partial charge is 0.0494 e. The van der Waals surface area contributed by atoms with Gasteiger partial charge >= 0.3 is 0 Å². The van der Waals surface area contributed by atoms with Gasteiger partial charge in [0.25, 0.3) is 0 Å². The summed E-state index contributed by atoms with van der Waals surface area (Å²) < 4.78 is 5.76. The quantitative estimate of drug-likeness (QED) is 0.610. The summed E-state index contributed by atoms with van der Waals surface area (Å²) in [4.78, 5) is 0. The largest absolute Gasteiger partial charge is 0.381 e. The molecule has 16 heavy (non-hydrogen) atoms. The van der Waals surface area contributed by atoms with Crippen molar-refractivity contribution in [3.05, 3.63) is 0 Å². The van der Waals surface area contributed by atoms with Gasteiger partial charge < -0.3 is 10.1 Å². The molecule has 0 bridgehead atoms. The Morgan fingerprint density at radius 3 is 2.62 bits per heavy atom. The Balaban J connectivity index is 1.77. The fourth-order valence-corrected chi connectivity index (χ4v) is 2.41. The van der Waals surface area contributed by atoms with Gasteiger partial charge in [0.2, 0.25) is 0 Å². The molecule has 0 aromatic heterocycles. The van der Waals surface area contributed by atoms with E-state index in [9.17, 15) is 0 Å². The van der Waals surface area contributed by atoms with Gasteiger partial charge in [0.1, 0.15) is 0 Å². The summed E-state index contributed by atoms with van der Waals surface area (Å²) in [7, 11) is 0. The van der Waals surface area contributed by atoms with Crippen LogP contribution in [0, 0.1) is 5.92 Å². The second kappa shape index (κ2) is 10.1. The number of unbranched alkanes of at least 4 members (excludes halogenated alkanes) is 2. The van der Waals surface area contributed by atoms with Crippen LogP contribution in [0.2, 0.25) is 0 Å². The predicted octanol–water partition coefficient (Wildman–Crippen LogP) is 3.36. The third kappa shape index (κ3) is 7.24. The van der Waals surface area contributed by atoms with Gasteiger partial charge in [-0.25, -0.2) is 0 Å². The van der Waals surface area contributed by atoms with Crippen LogP contribution in [0.3, 0.4) is 0 Å². The normalized spacial score (nSPS) is 17.8. The van der Waals surface area contributed by atoms with Gasteiger partial charge in [-0.05, 0) is 51.1 Å². The molecule has 0 unspecified atom stereocenters. The summed E-state index contributed by atoms with van der Waals surface area (Å²) in [6, 6.07) is 0. The molecule has 0 saturated heterocycles. The molecule has 0 aliphatic heterocycles. The standard InChI is InChI=1S/C14H29NO/c1-2-15-11-7-4-8-12-16-13-14-9-5-3-6-10-14/h14-15H,2-13H2,1H3. The summed E-state index contributed by atoms with van der Waals surface area (Å²) in [5.74, 6) is 0.871. The highest BCUT2D eigenvalue weighted by Crippen LogP contribution is 2.23. The molecule has 2 nitrogen and oxygen atoms in total. The Hall–Kier alpha value is -0.0800. The van der Waals surface area contributed by atoms with Crippen LogP contribution in [0.1, 0.15) is 58.3 Å². The van der Waals surface area contributed by atoms with E-state index in [2.05, 4.69) is 12.2 Å². The summed E-state index contributed by atoms with van der Waals surface area (Å²) >= 11 is 0. The highest BCUT2D eigenvalue weighted by molar-refractivity contribution is 4.64. The SMILES string of the molecule is CCNCCCCCOCC1CCCCC1. The molecule has 0 aromatic rings. The van der Waals surface area contributed by atoms with E-state index < -0.39 is 0 Å². The van der Waals surface area contributed by atoms with Crippen molar-refractivity contribution in [1.82, 2.24) is 5.32 Å². The maximum atomic E-state index is 5.76. The molecule has 1 aliphatic carbocycles. The number of ether oxygens (including phenoxy) is 1. The first-order chi connectivity index (χ1) is 7.93. The fraction of sp³-hybridized carbons (Fsp3) is 1.00. The minimum Gasteiger partial charge on any atom is -0.381 e. The van der Waals surface area contributed by atoms with Gasteiger partial charge in [0, 0.05) is 13.2 Å². The van der Waals surface area contributed by atoms with Crippen molar-refractivity contribution in [3.63, 3.8) is 0 Å². The number of hydrogen-bond donors (Lipinski definition) is 1. The van der Waals surface area contributed by atoms with E-state index in [4.69, 9.17) is 4.74 Å². The van der Waals surface area contributed by atoms with Crippen LogP contribution in [-0.4, -0.2) is 26.3 Å². The van der Waals surface area contributed by atoms with E-state index in [-0.39, 0.29) is 0 Å². The van der Waals surface area contributed by atoms with Gasteiger partial charge in [0.05, 0.1) is 0 Å². The van der Waals surface area contributed by atoms with Crippen molar-refractivity contribution in [1.29, 1.82) is 0 Å². The molecule has 0 spiro atoms. The van der Waals surface area contributed by atoms with Crippen molar-refractivity contribution >= 4 is 0 Å². The van der Waals surface area contributed by atoms with Gasteiger partial charge in [0.15, 0.2) is 0 Å². The third-order valence-electron chi connectivity index (χ3n) is 3.47. The molecule has 0 amide bonds. The molecule has 0 atom stereocenters. The minimum atomic E-state index is 0.871. The lowest BCUT2D eigenvalue weighted by Gasteiger charge is -2.21. The molecule has 1 N–H and O–H groups in total. The monoisotopic (exact) mass is 227 g/mol. The first-order valence-corrected chi connectivity index (χ1v) is 7.22. The highest BCUT2D eigenvalue weighted by Gasteiger charge is 2.12. The Morgan fingerprint density at radius 1 is 1.06 bits per heavy atom. The van der Waals surface area contributed by atoms with Gasteiger partial charge in [-0.3, -0.25) is 0 Å². The Kier molecular flexibility index (Phi) is 8.83. The molecule has 0 aromatic carbocycles. The molecule has 0 radical (unpaired) electrons. The second-order valence-electron chi connectivity index (χ2n) is 4.99.